The van der Waals surface area contributed by atoms with Crippen molar-refractivity contribution in [3.05, 3.63) is 395 Å². The smallest absolute Gasteiger partial charge is 0.166 e. The van der Waals surface area contributed by atoms with Crippen LogP contribution in [0.25, 0.3) is 211 Å². The van der Waals surface area contributed by atoms with Crippen LogP contribution in [0.3, 0.4) is 0 Å². The normalized spacial score (nSPS) is 12.0. The molecule has 124 heavy (non-hydrogen) atoms. The molecule has 0 fully saturated rings. The summed E-state index contributed by atoms with van der Waals surface area (Å²) in [5.41, 5.74) is 31.4. The number of pyridine rings is 1. The Morgan fingerprint density at radius 2 is 0.548 bits per heavy atom. The molecule has 0 N–H and O–H groups in total. The number of nitriles is 1. The summed E-state index contributed by atoms with van der Waals surface area (Å²) in [6.45, 7) is 15.4. The summed E-state index contributed by atoms with van der Waals surface area (Å²) in [5, 5.41) is 25.3. The van der Waals surface area contributed by atoms with E-state index in [1.54, 1.807) is 0 Å². The first kappa shape index (κ1) is 72.0. The molecule has 11 nitrogen and oxygen atoms in total. The molecule has 0 aliphatic carbocycles. The molecule has 0 spiro atoms. The minimum atomic E-state index is 0.435. The Morgan fingerprint density at radius 3 is 0.952 bits per heavy atom. The first-order chi connectivity index (χ1) is 60.8. The fraction of sp³-hybridized carbons (Fsp3) is 0.0708. The number of nitrogens with zero attached hydrogens (tertiary/aromatic N) is 11. The van der Waals surface area contributed by atoms with Crippen molar-refractivity contribution in [3.8, 4) is 85.7 Å². The third-order valence-corrected chi connectivity index (χ3v) is 25.6. The molecular formula is C113H79N11. The maximum Gasteiger partial charge on any atom is 0.166 e. The number of aromatic nitrogens is 10. The lowest BCUT2D eigenvalue weighted by atomic mass is 9.99. The quantitative estimate of drug-likeness (QED) is 0.121. The summed E-state index contributed by atoms with van der Waals surface area (Å²) >= 11 is 0. The number of hydrogen-bond acceptors (Lipinski definition) is 5. The van der Waals surface area contributed by atoms with Crippen LogP contribution in [0.5, 0.6) is 0 Å². The lowest BCUT2D eigenvalue weighted by Gasteiger charge is -2.27. The highest BCUT2D eigenvalue weighted by Crippen LogP contribution is 2.51. The van der Waals surface area contributed by atoms with E-state index >= 15 is 0 Å². The van der Waals surface area contributed by atoms with Gasteiger partial charge in [-0.2, -0.15) is 5.26 Å². The van der Waals surface area contributed by atoms with Crippen LogP contribution in [0.4, 0.5) is 0 Å². The van der Waals surface area contributed by atoms with E-state index < -0.39 is 0 Å². The summed E-state index contributed by atoms with van der Waals surface area (Å²) in [5.74, 6) is 3.04. The van der Waals surface area contributed by atoms with Crippen molar-refractivity contribution in [2.45, 2.75) is 54.9 Å². The van der Waals surface area contributed by atoms with E-state index in [0.29, 0.717) is 35.0 Å². The van der Waals surface area contributed by atoms with Crippen LogP contribution in [-0.4, -0.2) is 47.3 Å². The molecule has 586 valence electrons. The van der Waals surface area contributed by atoms with E-state index in [0.717, 1.165) is 183 Å². The molecule has 0 radical (unpaired) electrons. The monoisotopic (exact) mass is 1590 g/mol. The second kappa shape index (κ2) is 27.8. The van der Waals surface area contributed by atoms with Crippen LogP contribution in [0.15, 0.2) is 340 Å². The Morgan fingerprint density at radius 1 is 0.234 bits per heavy atom. The molecule has 11 heteroatoms. The number of benzene rings is 16. The van der Waals surface area contributed by atoms with E-state index in [-0.39, 0.29) is 0 Å². The van der Waals surface area contributed by atoms with Gasteiger partial charge in [-0.05, 0) is 211 Å². The molecule has 0 unspecified atom stereocenters. The van der Waals surface area contributed by atoms with Crippen molar-refractivity contribution in [1.29, 1.82) is 5.26 Å². The van der Waals surface area contributed by atoms with Gasteiger partial charge in [0.15, 0.2) is 29.1 Å². The highest BCUT2D eigenvalue weighted by molar-refractivity contribution is 6.18. The van der Waals surface area contributed by atoms with Gasteiger partial charge in [0.1, 0.15) is 17.4 Å². The molecular weight excluding hydrogens is 1510 g/mol. The van der Waals surface area contributed by atoms with E-state index in [1.807, 2.05) is 24.3 Å². The molecule has 8 heterocycles. The highest BCUT2D eigenvalue weighted by atomic mass is 15.2. The summed E-state index contributed by atoms with van der Waals surface area (Å²) in [6, 6.07) is 127. The Hall–Kier alpha value is -16.0. The summed E-state index contributed by atoms with van der Waals surface area (Å²) in [4.78, 5) is 23.1. The van der Waals surface area contributed by atoms with E-state index in [1.165, 1.54) is 54.9 Å². The highest BCUT2D eigenvalue weighted by Gasteiger charge is 2.34. The number of para-hydroxylation sites is 4. The molecule has 16 aromatic carbocycles. The van der Waals surface area contributed by atoms with Crippen LogP contribution >= 0.6 is 0 Å². The zero-order chi connectivity index (χ0) is 83.0. The largest absolute Gasteiger partial charge is 0.308 e. The zero-order valence-electron chi connectivity index (χ0n) is 69.5. The van der Waals surface area contributed by atoms with Crippen LogP contribution in [0.1, 0.15) is 55.6 Å². The van der Waals surface area contributed by atoms with Gasteiger partial charge in [0.25, 0.3) is 0 Å². The fourth-order valence-corrected chi connectivity index (χ4v) is 20.1. The Kier molecular flexibility index (Phi) is 16.1. The minimum Gasteiger partial charge on any atom is -0.308 e. The number of fused-ring (bicyclic) bond motifs is 18. The molecule has 0 bridgehead atoms. The second-order valence-electron chi connectivity index (χ2n) is 33.8. The number of aryl methyl sites for hydroxylation is 7. The predicted octanol–water partition coefficient (Wildman–Crippen LogP) is 28.1. The van der Waals surface area contributed by atoms with Gasteiger partial charge in [-0.15, -0.1) is 0 Å². The molecule has 0 amide bonds. The van der Waals surface area contributed by atoms with Gasteiger partial charge < -0.3 is 18.3 Å². The molecule has 0 saturated heterocycles. The number of rotatable bonds is 12. The van der Waals surface area contributed by atoms with Crippen LogP contribution in [0.2, 0.25) is 0 Å². The van der Waals surface area contributed by atoms with E-state index in [9.17, 15) is 5.26 Å². The summed E-state index contributed by atoms with van der Waals surface area (Å²) in [6.07, 6.45) is 0.588. The molecule has 0 atom stereocenters. The van der Waals surface area contributed by atoms with Gasteiger partial charge in [0.2, 0.25) is 0 Å². The lowest BCUT2D eigenvalue weighted by molar-refractivity contribution is 0.960. The van der Waals surface area contributed by atoms with Crippen molar-refractivity contribution < 1.29 is 0 Å². The third-order valence-electron chi connectivity index (χ3n) is 25.6. The maximum absolute atomic E-state index is 11.7. The molecule has 0 aliphatic rings. The van der Waals surface area contributed by atoms with Gasteiger partial charge in [0, 0.05) is 86.9 Å². The minimum absolute atomic E-state index is 0.435. The molecule has 0 aliphatic heterocycles. The fourth-order valence-electron chi connectivity index (χ4n) is 20.1. The third kappa shape index (κ3) is 11.1. The van der Waals surface area contributed by atoms with Gasteiger partial charge in [-0.25, -0.2) is 19.9 Å². The first-order valence-electron chi connectivity index (χ1n) is 42.5. The second-order valence-corrected chi connectivity index (χ2v) is 33.8. The molecule has 0 saturated carbocycles. The Labute approximate surface area is 714 Å². The van der Waals surface area contributed by atoms with Crippen LogP contribution < -0.4 is 0 Å². The molecule has 8 aromatic heterocycles. The number of hydrogen-bond donors (Lipinski definition) is 0. The average Bonchev–Trinajstić information content (AvgIpc) is 1.51. The van der Waals surface area contributed by atoms with Crippen molar-refractivity contribution in [2.75, 3.05) is 0 Å². The molecule has 24 rings (SSSR count). The Bertz CT molecular complexity index is 8470. The van der Waals surface area contributed by atoms with Gasteiger partial charge in [0.05, 0.1) is 83.1 Å². The standard InChI is InChI=1S/C113H79N11/c1-66-37-45-96-83(53-66)84-54-67(2)38-46-97(84)121(96)107-106(75-24-10-8-11-25-75)108(113(124-102-50-42-71(6)57-87(102)88-58-72(7)43-51-103(88)124)118-112(107)123-100-48-40-69(4)55-85(100)86-56-70(5)41-49-101(86)123)122-98-47-39-68(3)59-89(98)90-62-74(44-52-99(90)122)60-73-23-22-28-77(61-73)110-115-109(76-26-12-9-13-27-76)116-111(117-110)91-63-78(65-114)104(119-92-33-18-14-29-79(92)80-30-15-19-34-93(80)119)64-105(91)120-94-35-20-16-31-81(94)82-32-17-21-36-95(82)120/h8-59,61-64H,60H2,1-7H3. The summed E-state index contributed by atoms with van der Waals surface area (Å²) in [7, 11) is 0. The predicted molar refractivity (Wildman–Crippen MR) is 513 cm³/mol. The van der Waals surface area contributed by atoms with Crippen LogP contribution in [-0.2, 0) is 6.42 Å². The van der Waals surface area contributed by atoms with Crippen LogP contribution in [0, 0.1) is 59.8 Å². The lowest BCUT2D eigenvalue weighted by Crippen LogP contribution is -2.16. The Balaban J connectivity index is 0.743. The average molecular weight is 1590 g/mol. The SMILES string of the molecule is Cc1ccc2c(c1)c1cc(C)ccc1n2-c1nc(-n2c3ccc(C)cc3c3cc(C)ccc32)c(-n2c3ccc(C)cc3c3cc(Cc4cccc(-c5nc(-c6ccccc6)nc(-c6cc(C#N)c(-n7c8ccccc8c8ccccc87)cc6-n6c7ccccc7c7ccccc76)n5)c4)ccc32)c(-c2ccccc2)c1-n1c2ccc(C)cc2c2cc(C)ccc21. The summed E-state index contributed by atoms with van der Waals surface area (Å²) < 4.78 is 14.6. The molecule has 24 aromatic rings. The topological polar surface area (TPSA) is 105 Å². The zero-order valence-corrected chi connectivity index (χ0v) is 69.5. The van der Waals surface area contributed by atoms with Crippen molar-refractivity contribution in [1.82, 2.24) is 47.3 Å². The van der Waals surface area contributed by atoms with Crippen molar-refractivity contribution >= 4 is 131 Å². The van der Waals surface area contributed by atoms with E-state index in [2.05, 4.69) is 397 Å². The van der Waals surface area contributed by atoms with Gasteiger partial charge in [-0.3, -0.25) is 9.13 Å². The van der Waals surface area contributed by atoms with E-state index in [4.69, 9.17) is 19.9 Å². The van der Waals surface area contributed by atoms with Crippen molar-refractivity contribution in [2.24, 2.45) is 0 Å². The first-order valence-corrected chi connectivity index (χ1v) is 42.5. The van der Waals surface area contributed by atoms with Crippen molar-refractivity contribution in [3.63, 3.8) is 0 Å². The van der Waals surface area contributed by atoms with Gasteiger partial charge in [-0.1, -0.05) is 239 Å². The van der Waals surface area contributed by atoms with Gasteiger partial charge >= 0.3 is 0 Å². The maximum atomic E-state index is 11.7.